The highest BCUT2D eigenvalue weighted by molar-refractivity contribution is 7.19. The van der Waals surface area contributed by atoms with Crippen LogP contribution < -0.4 is 16.8 Å². The van der Waals surface area contributed by atoms with Crippen molar-refractivity contribution in [3.63, 3.8) is 0 Å². The van der Waals surface area contributed by atoms with Crippen LogP contribution in [-0.4, -0.2) is 17.7 Å². The Morgan fingerprint density at radius 3 is 2.58 bits per heavy atom. The Morgan fingerprint density at radius 1 is 1.47 bits per heavy atom. The van der Waals surface area contributed by atoms with E-state index in [9.17, 15) is 9.59 Å². The van der Waals surface area contributed by atoms with E-state index in [0.717, 1.165) is 19.3 Å². The number of primary amides is 1. The lowest BCUT2D eigenvalue weighted by Gasteiger charge is -2.11. The van der Waals surface area contributed by atoms with E-state index in [4.69, 9.17) is 11.5 Å². The standard InChI is InChI=1S/C13H19N3O2S/c1-3-6(2)16-13-8(12(15)18)9(14)11(19-13)10(17)7-4-5-7/h6-7,16H,3-5,14H2,1-2H3,(H2,15,18). The summed E-state index contributed by atoms with van der Waals surface area (Å²) in [4.78, 5) is 24.1. The predicted molar refractivity (Wildman–Crippen MR) is 77.7 cm³/mol. The van der Waals surface area contributed by atoms with E-state index in [1.165, 1.54) is 11.3 Å². The van der Waals surface area contributed by atoms with Gasteiger partial charge in [0.1, 0.15) is 5.00 Å². The number of amides is 1. The molecule has 1 aliphatic rings. The van der Waals surface area contributed by atoms with E-state index < -0.39 is 5.91 Å². The topological polar surface area (TPSA) is 98.2 Å². The van der Waals surface area contributed by atoms with Gasteiger partial charge >= 0.3 is 0 Å². The van der Waals surface area contributed by atoms with Gasteiger partial charge in [-0.15, -0.1) is 11.3 Å². The van der Waals surface area contributed by atoms with Crippen LogP contribution in [0.25, 0.3) is 0 Å². The third kappa shape index (κ3) is 2.73. The van der Waals surface area contributed by atoms with Gasteiger partial charge in [0.15, 0.2) is 5.78 Å². The average molecular weight is 281 g/mol. The maximum atomic E-state index is 12.1. The van der Waals surface area contributed by atoms with E-state index in [0.29, 0.717) is 9.88 Å². The molecule has 1 heterocycles. The molecule has 0 aromatic carbocycles. The maximum absolute atomic E-state index is 12.1. The molecule has 1 amide bonds. The fourth-order valence-corrected chi connectivity index (χ4v) is 3.09. The third-order valence-corrected chi connectivity index (χ3v) is 4.50. The van der Waals surface area contributed by atoms with Crippen molar-refractivity contribution in [2.75, 3.05) is 11.1 Å². The molecule has 1 fully saturated rings. The largest absolute Gasteiger partial charge is 0.397 e. The number of nitrogens with one attached hydrogen (secondary N) is 1. The molecule has 2 rings (SSSR count). The van der Waals surface area contributed by atoms with Crippen molar-refractivity contribution in [2.45, 2.75) is 39.2 Å². The molecule has 104 valence electrons. The highest BCUT2D eigenvalue weighted by atomic mass is 32.1. The van der Waals surface area contributed by atoms with Gasteiger partial charge in [0.25, 0.3) is 5.91 Å². The zero-order valence-electron chi connectivity index (χ0n) is 11.2. The second-order valence-electron chi connectivity index (χ2n) is 5.01. The lowest BCUT2D eigenvalue weighted by Crippen LogP contribution is -2.18. The van der Waals surface area contributed by atoms with Gasteiger partial charge in [-0.25, -0.2) is 0 Å². The van der Waals surface area contributed by atoms with Gasteiger partial charge in [0.2, 0.25) is 0 Å². The van der Waals surface area contributed by atoms with Crippen LogP contribution in [0, 0.1) is 5.92 Å². The number of hydrogen-bond donors (Lipinski definition) is 3. The number of hydrogen-bond acceptors (Lipinski definition) is 5. The molecule has 0 spiro atoms. The molecule has 1 atom stereocenters. The summed E-state index contributed by atoms with van der Waals surface area (Å²) < 4.78 is 0. The molecular weight excluding hydrogens is 262 g/mol. The number of carbonyl (C=O) groups excluding carboxylic acids is 2. The van der Waals surface area contributed by atoms with Crippen LogP contribution in [0.2, 0.25) is 0 Å². The monoisotopic (exact) mass is 281 g/mol. The maximum Gasteiger partial charge on any atom is 0.253 e. The Balaban J connectivity index is 2.38. The molecule has 19 heavy (non-hydrogen) atoms. The summed E-state index contributed by atoms with van der Waals surface area (Å²) in [7, 11) is 0. The molecule has 0 bridgehead atoms. The van der Waals surface area contributed by atoms with Crippen molar-refractivity contribution in [1.29, 1.82) is 0 Å². The van der Waals surface area contributed by atoms with Crippen LogP contribution in [0.15, 0.2) is 0 Å². The number of Topliss-reactive ketones (excluding diaryl/α,β-unsaturated/α-hetero) is 1. The average Bonchev–Trinajstić information content (AvgIpc) is 3.13. The first-order valence-corrected chi connectivity index (χ1v) is 7.30. The lowest BCUT2D eigenvalue weighted by atomic mass is 10.1. The smallest absolute Gasteiger partial charge is 0.253 e. The van der Waals surface area contributed by atoms with Crippen LogP contribution in [0.4, 0.5) is 10.7 Å². The summed E-state index contributed by atoms with van der Waals surface area (Å²) in [5.74, 6) is -0.463. The van der Waals surface area contributed by atoms with Gasteiger partial charge in [-0.1, -0.05) is 6.92 Å². The molecule has 0 radical (unpaired) electrons. The number of rotatable bonds is 6. The van der Waals surface area contributed by atoms with Crippen molar-refractivity contribution in [1.82, 2.24) is 0 Å². The minimum atomic E-state index is -0.589. The minimum Gasteiger partial charge on any atom is -0.397 e. The highest BCUT2D eigenvalue weighted by Gasteiger charge is 2.34. The molecular formula is C13H19N3O2S. The first-order chi connectivity index (χ1) is 8.95. The van der Waals surface area contributed by atoms with Crippen LogP contribution in [0.5, 0.6) is 0 Å². The third-order valence-electron chi connectivity index (χ3n) is 3.35. The van der Waals surface area contributed by atoms with Gasteiger partial charge in [0, 0.05) is 12.0 Å². The Bertz CT molecular complexity index is 520. The highest BCUT2D eigenvalue weighted by Crippen LogP contribution is 2.41. The molecule has 1 saturated carbocycles. The van der Waals surface area contributed by atoms with Crippen molar-refractivity contribution < 1.29 is 9.59 Å². The molecule has 1 aromatic rings. The SMILES string of the molecule is CCC(C)Nc1sc(C(=O)C2CC2)c(N)c1C(N)=O. The molecule has 1 aromatic heterocycles. The summed E-state index contributed by atoms with van der Waals surface area (Å²) in [6.45, 7) is 4.04. The van der Waals surface area contributed by atoms with Crippen molar-refractivity contribution in [3.8, 4) is 0 Å². The number of nitrogen functional groups attached to an aromatic ring is 1. The van der Waals surface area contributed by atoms with Gasteiger partial charge in [-0.3, -0.25) is 9.59 Å². The van der Waals surface area contributed by atoms with Gasteiger partial charge in [0.05, 0.1) is 16.1 Å². The minimum absolute atomic E-state index is 0.0437. The van der Waals surface area contributed by atoms with E-state index in [-0.39, 0.29) is 29.0 Å². The molecule has 0 saturated heterocycles. The second-order valence-corrected chi connectivity index (χ2v) is 6.03. The number of thiophene rings is 1. The van der Waals surface area contributed by atoms with Gasteiger partial charge in [-0.2, -0.15) is 0 Å². The summed E-state index contributed by atoms with van der Waals surface area (Å²) in [6, 6.07) is 0.194. The van der Waals surface area contributed by atoms with Gasteiger partial charge < -0.3 is 16.8 Å². The molecule has 1 unspecified atom stereocenters. The zero-order valence-corrected chi connectivity index (χ0v) is 12.0. The Hall–Kier alpha value is -1.56. The normalized spacial score (nSPS) is 16.1. The summed E-state index contributed by atoms with van der Waals surface area (Å²) >= 11 is 1.25. The molecule has 0 aliphatic heterocycles. The Morgan fingerprint density at radius 2 is 2.11 bits per heavy atom. The fourth-order valence-electron chi connectivity index (χ4n) is 1.83. The molecule has 6 heteroatoms. The van der Waals surface area contributed by atoms with Crippen molar-refractivity contribution in [2.24, 2.45) is 11.7 Å². The number of ketones is 1. The quantitative estimate of drug-likeness (QED) is 0.696. The lowest BCUT2D eigenvalue weighted by molar-refractivity contribution is 0.0972. The summed E-state index contributed by atoms with van der Waals surface area (Å²) in [6.07, 6.45) is 2.73. The molecule has 5 N–H and O–H groups in total. The summed E-state index contributed by atoms with van der Waals surface area (Å²) in [5.41, 5.74) is 11.8. The first kappa shape index (κ1) is 13.9. The Kier molecular flexibility index (Phi) is 3.80. The van der Waals surface area contributed by atoms with E-state index >= 15 is 0 Å². The predicted octanol–water partition coefficient (Wildman–Crippen LogP) is 2.23. The van der Waals surface area contributed by atoms with E-state index in [2.05, 4.69) is 5.32 Å². The van der Waals surface area contributed by atoms with Crippen molar-refractivity contribution >= 4 is 33.7 Å². The van der Waals surface area contributed by atoms with Gasteiger partial charge in [-0.05, 0) is 26.2 Å². The molecule has 1 aliphatic carbocycles. The summed E-state index contributed by atoms with van der Waals surface area (Å²) in [5, 5.41) is 3.82. The van der Waals surface area contributed by atoms with Crippen LogP contribution >= 0.6 is 11.3 Å². The number of nitrogens with two attached hydrogens (primary N) is 2. The first-order valence-electron chi connectivity index (χ1n) is 6.48. The Labute approximate surface area is 116 Å². The number of anilines is 2. The number of carbonyl (C=O) groups is 2. The van der Waals surface area contributed by atoms with E-state index in [1.54, 1.807) is 0 Å². The second kappa shape index (κ2) is 5.21. The van der Waals surface area contributed by atoms with Crippen molar-refractivity contribution in [3.05, 3.63) is 10.4 Å². The molecule has 5 nitrogen and oxygen atoms in total. The van der Waals surface area contributed by atoms with Crippen LogP contribution in [-0.2, 0) is 0 Å². The fraction of sp³-hybridized carbons (Fsp3) is 0.538. The van der Waals surface area contributed by atoms with E-state index in [1.807, 2.05) is 13.8 Å². The van der Waals surface area contributed by atoms with Crippen LogP contribution in [0.1, 0.15) is 53.1 Å². The zero-order chi connectivity index (χ0) is 14.2. The van der Waals surface area contributed by atoms with Crippen LogP contribution in [0.3, 0.4) is 0 Å².